The van der Waals surface area contributed by atoms with Crippen LogP contribution in [0.4, 0.5) is 13.2 Å². The second-order valence-electron chi connectivity index (χ2n) is 5.89. The molecule has 1 saturated carbocycles. The van der Waals surface area contributed by atoms with Crippen LogP contribution in [0.1, 0.15) is 48.2 Å². The highest BCUT2D eigenvalue weighted by Gasteiger charge is 2.40. The number of halogens is 3. The SMILES string of the molecule is Cc1cc(C(=O)NC(C)C(F)(F)F)cc(C2(C)CC2)c1. The van der Waals surface area contributed by atoms with Crippen LogP contribution in [0, 0.1) is 6.92 Å². The van der Waals surface area contributed by atoms with Gasteiger partial charge in [-0.25, -0.2) is 0 Å². The van der Waals surface area contributed by atoms with E-state index in [0.29, 0.717) is 5.56 Å². The van der Waals surface area contributed by atoms with Crippen LogP contribution >= 0.6 is 0 Å². The molecule has 1 atom stereocenters. The van der Waals surface area contributed by atoms with Gasteiger partial charge >= 0.3 is 6.18 Å². The first-order valence-corrected chi connectivity index (χ1v) is 6.61. The van der Waals surface area contributed by atoms with E-state index in [0.717, 1.165) is 30.9 Å². The molecule has 0 radical (unpaired) electrons. The lowest BCUT2D eigenvalue weighted by Crippen LogP contribution is -2.43. The molecule has 1 aromatic rings. The number of hydrogen-bond donors (Lipinski definition) is 1. The largest absolute Gasteiger partial charge is 0.408 e. The van der Waals surface area contributed by atoms with Gasteiger partial charge in [-0.1, -0.05) is 18.6 Å². The number of benzene rings is 1. The summed E-state index contributed by atoms with van der Waals surface area (Å²) in [5, 5.41) is 2.00. The zero-order chi connectivity index (χ0) is 15.1. The van der Waals surface area contributed by atoms with Gasteiger partial charge in [0.15, 0.2) is 0 Å². The van der Waals surface area contributed by atoms with Crippen molar-refractivity contribution < 1.29 is 18.0 Å². The average molecular weight is 285 g/mol. The third-order valence-electron chi connectivity index (χ3n) is 3.88. The molecule has 0 saturated heterocycles. The zero-order valence-corrected chi connectivity index (χ0v) is 11.8. The third-order valence-corrected chi connectivity index (χ3v) is 3.88. The van der Waals surface area contributed by atoms with Crippen LogP contribution in [0.25, 0.3) is 0 Å². The van der Waals surface area contributed by atoms with E-state index in [4.69, 9.17) is 0 Å². The molecule has 0 heterocycles. The summed E-state index contributed by atoms with van der Waals surface area (Å²) in [6.07, 6.45) is -2.32. The Labute approximate surface area is 116 Å². The molecule has 110 valence electrons. The summed E-state index contributed by atoms with van der Waals surface area (Å²) in [4.78, 5) is 11.9. The summed E-state index contributed by atoms with van der Waals surface area (Å²) < 4.78 is 37.4. The Bertz CT molecular complexity index is 532. The van der Waals surface area contributed by atoms with Gasteiger partial charge in [0, 0.05) is 5.56 Å². The molecule has 0 spiro atoms. The molecule has 1 aromatic carbocycles. The maximum Gasteiger partial charge on any atom is 0.408 e. The van der Waals surface area contributed by atoms with Gasteiger partial charge in [0.25, 0.3) is 5.91 Å². The van der Waals surface area contributed by atoms with Crippen LogP contribution in [-0.4, -0.2) is 18.1 Å². The molecular weight excluding hydrogens is 267 g/mol. The minimum Gasteiger partial charge on any atom is -0.341 e. The summed E-state index contributed by atoms with van der Waals surface area (Å²) >= 11 is 0. The van der Waals surface area contributed by atoms with Gasteiger partial charge in [-0.05, 0) is 49.8 Å². The summed E-state index contributed by atoms with van der Waals surface area (Å²) in [5.74, 6) is -0.677. The van der Waals surface area contributed by atoms with Gasteiger partial charge in [0.1, 0.15) is 6.04 Å². The topological polar surface area (TPSA) is 29.1 Å². The summed E-state index contributed by atoms with van der Waals surface area (Å²) in [6, 6.07) is 3.47. The minimum absolute atomic E-state index is 0.0801. The molecule has 20 heavy (non-hydrogen) atoms. The molecule has 1 N–H and O–H groups in total. The molecule has 5 heteroatoms. The number of nitrogens with one attached hydrogen (secondary N) is 1. The number of amides is 1. The number of alkyl halides is 3. The Morgan fingerprint density at radius 3 is 2.40 bits per heavy atom. The Balaban J connectivity index is 2.20. The second-order valence-corrected chi connectivity index (χ2v) is 5.89. The van der Waals surface area contributed by atoms with Crippen LogP contribution in [0.2, 0.25) is 0 Å². The van der Waals surface area contributed by atoms with E-state index in [9.17, 15) is 18.0 Å². The number of rotatable bonds is 3. The first-order valence-electron chi connectivity index (χ1n) is 6.61. The van der Waals surface area contributed by atoms with Crippen LogP contribution < -0.4 is 5.32 Å². The number of carbonyl (C=O) groups is 1. The fraction of sp³-hybridized carbons (Fsp3) is 0.533. The van der Waals surface area contributed by atoms with Gasteiger partial charge in [0.05, 0.1) is 0 Å². The van der Waals surface area contributed by atoms with Crippen molar-refractivity contribution in [1.29, 1.82) is 0 Å². The molecule has 0 aliphatic heterocycles. The molecule has 2 nitrogen and oxygen atoms in total. The van der Waals surface area contributed by atoms with Crippen molar-refractivity contribution in [1.82, 2.24) is 5.32 Å². The molecule has 2 rings (SSSR count). The van der Waals surface area contributed by atoms with E-state index in [1.165, 1.54) is 0 Å². The lowest BCUT2D eigenvalue weighted by molar-refractivity contribution is -0.149. The van der Waals surface area contributed by atoms with E-state index in [1.807, 2.05) is 18.3 Å². The summed E-state index contributed by atoms with van der Waals surface area (Å²) in [5.41, 5.74) is 2.29. The van der Waals surface area contributed by atoms with Gasteiger partial charge in [-0.2, -0.15) is 13.2 Å². The van der Waals surface area contributed by atoms with Crippen LogP contribution in [0.3, 0.4) is 0 Å². The van der Waals surface area contributed by atoms with E-state index in [1.54, 1.807) is 12.1 Å². The predicted octanol–water partition coefficient (Wildman–Crippen LogP) is 3.73. The Hall–Kier alpha value is -1.52. The zero-order valence-electron chi connectivity index (χ0n) is 11.8. The standard InChI is InChI=1S/C15H18F3NO/c1-9-6-11(8-12(7-9)14(3)4-5-14)13(20)19-10(2)15(16,17)18/h6-8,10H,4-5H2,1-3H3,(H,19,20). The normalized spacial score (nSPS) is 18.5. The van der Waals surface area contributed by atoms with Crippen molar-refractivity contribution in [3.63, 3.8) is 0 Å². The van der Waals surface area contributed by atoms with Gasteiger partial charge < -0.3 is 5.32 Å². The van der Waals surface area contributed by atoms with Crippen molar-refractivity contribution in [2.45, 2.75) is 51.2 Å². The van der Waals surface area contributed by atoms with Crippen molar-refractivity contribution >= 4 is 5.91 Å². The first kappa shape index (κ1) is 14.9. The summed E-state index contributed by atoms with van der Waals surface area (Å²) in [6.45, 7) is 4.89. The van der Waals surface area contributed by atoms with E-state index in [-0.39, 0.29) is 5.41 Å². The van der Waals surface area contributed by atoms with Gasteiger partial charge in [0.2, 0.25) is 0 Å². The molecule has 0 bridgehead atoms. The lowest BCUT2D eigenvalue weighted by Gasteiger charge is -2.18. The number of aryl methyl sites for hydroxylation is 1. The highest BCUT2D eigenvalue weighted by atomic mass is 19.4. The molecular formula is C15H18F3NO. The van der Waals surface area contributed by atoms with E-state index in [2.05, 4.69) is 6.92 Å². The smallest absolute Gasteiger partial charge is 0.341 e. The van der Waals surface area contributed by atoms with Crippen molar-refractivity contribution in [3.8, 4) is 0 Å². The quantitative estimate of drug-likeness (QED) is 0.901. The fourth-order valence-corrected chi connectivity index (χ4v) is 2.10. The van der Waals surface area contributed by atoms with Crippen molar-refractivity contribution in [2.75, 3.05) is 0 Å². The molecule has 1 unspecified atom stereocenters. The third kappa shape index (κ3) is 3.14. The molecule has 1 aliphatic carbocycles. The Kier molecular flexibility index (Phi) is 3.56. The monoisotopic (exact) mass is 285 g/mol. The second kappa shape index (κ2) is 4.79. The van der Waals surface area contributed by atoms with Crippen LogP contribution in [0.5, 0.6) is 0 Å². The number of hydrogen-bond acceptors (Lipinski definition) is 1. The maximum absolute atomic E-state index is 12.5. The van der Waals surface area contributed by atoms with Crippen molar-refractivity contribution in [3.05, 3.63) is 34.9 Å². The highest BCUT2D eigenvalue weighted by molar-refractivity contribution is 5.94. The molecule has 1 amide bonds. The van der Waals surface area contributed by atoms with E-state index < -0.39 is 18.1 Å². The van der Waals surface area contributed by atoms with Gasteiger partial charge in [-0.3, -0.25) is 4.79 Å². The first-order chi connectivity index (χ1) is 9.12. The summed E-state index contributed by atoms with van der Waals surface area (Å²) in [7, 11) is 0. The van der Waals surface area contributed by atoms with Crippen LogP contribution in [-0.2, 0) is 5.41 Å². The Morgan fingerprint density at radius 2 is 1.90 bits per heavy atom. The maximum atomic E-state index is 12.5. The van der Waals surface area contributed by atoms with Crippen molar-refractivity contribution in [2.24, 2.45) is 0 Å². The average Bonchev–Trinajstić information content (AvgIpc) is 3.06. The lowest BCUT2D eigenvalue weighted by atomic mass is 9.94. The van der Waals surface area contributed by atoms with Crippen LogP contribution in [0.15, 0.2) is 18.2 Å². The fourth-order valence-electron chi connectivity index (χ4n) is 2.10. The van der Waals surface area contributed by atoms with E-state index >= 15 is 0 Å². The molecule has 1 fully saturated rings. The predicted molar refractivity (Wildman–Crippen MR) is 70.7 cm³/mol. The molecule has 0 aromatic heterocycles. The highest BCUT2D eigenvalue weighted by Crippen LogP contribution is 2.47. The number of carbonyl (C=O) groups excluding carboxylic acids is 1. The molecule has 1 aliphatic rings. The minimum atomic E-state index is -4.43. The Morgan fingerprint density at radius 1 is 1.30 bits per heavy atom. The van der Waals surface area contributed by atoms with Gasteiger partial charge in [-0.15, -0.1) is 0 Å².